The summed E-state index contributed by atoms with van der Waals surface area (Å²) in [5.74, 6) is 3.01. The Hall–Kier alpha value is -5.08. The highest BCUT2D eigenvalue weighted by atomic mass is 16.3. The zero-order valence-corrected chi connectivity index (χ0v) is 28.3. The van der Waals surface area contributed by atoms with Crippen molar-refractivity contribution in [3.63, 3.8) is 0 Å². The summed E-state index contributed by atoms with van der Waals surface area (Å²) < 4.78 is 6.40. The number of nitrogens with zero attached hydrogens (tertiary/aromatic N) is 1. The Morgan fingerprint density at radius 3 is 2.12 bits per heavy atom. The van der Waals surface area contributed by atoms with E-state index in [9.17, 15) is 0 Å². The number of fused-ring (bicyclic) bond motifs is 11. The van der Waals surface area contributed by atoms with Crippen LogP contribution >= 0.6 is 0 Å². The van der Waals surface area contributed by atoms with Gasteiger partial charge in [-0.05, 0) is 120 Å². The van der Waals surface area contributed by atoms with Crippen molar-refractivity contribution in [1.29, 1.82) is 0 Å². The Bertz CT molecular complexity index is 2350. The van der Waals surface area contributed by atoms with Gasteiger partial charge in [0.2, 0.25) is 0 Å². The third-order valence-electron chi connectivity index (χ3n) is 12.4. The lowest BCUT2D eigenvalue weighted by atomic mass is 9.49. The molecule has 2 nitrogen and oxygen atoms in total. The van der Waals surface area contributed by atoms with Gasteiger partial charge in [-0.25, -0.2) is 0 Å². The van der Waals surface area contributed by atoms with Crippen LogP contribution in [0.4, 0.5) is 17.1 Å². The van der Waals surface area contributed by atoms with Crippen molar-refractivity contribution in [3.05, 3.63) is 151 Å². The van der Waals surface area contributed by atoms with Crippen LogP contribution in [0.2, 0.25) is 0 Å². The van der Waals surface area contributed by atoms with Crippen LogP contribution in [-0.2, 0) is 5.41 Å². The molecule has 0 N–H and O–H groups in total. The van der Waals surface area contributed by atoms with E-state index < -0.39 is 0 Å². The average Bonchev–Trinajstić information content (AvgIpc) is 3.66. The molecule has 49 heavy (non-hydrogen) atoms. The predicted molar refractivity (Wildman–Crippen MR) is 204 cm³/mol. The molecule has 6 aromatic carbocycles. The summed E-state index contributed by atoms with van der Waals surface area (Å²) in [5.41, 5.74) is 13.7. The van der Waals surface area contributed by atoms with Crippen LogP contribution in [0, 0.1) is 23.7 Å². The van der Waals surface area contributed by atoms with Crippen LogP contribution in [0.1, 0.15) is 50.7 Å². The SMILES string of the molecule is CC1CC2CC(C)C3(c4ccccc4-c4cc(N(c5ccccc5)c5ccc(-c6cccc7c6oc6ccccc67)cc5)ccc43)C(C1)C2. The maximum absolute atomic E-state index is 6.40. The minimum Gasteiger partial charge on any atom is -0.455 e. The van der Waals surface area contributed by atoms with E-state index in [0.717, 1.165) is 56.3 Å². The van der Waals surface area contributed by atoms with Crippen LogP contribution in [0.3, 0.4) is 0 Å². The van der Waals surface area contributed by atoms with Crippen molar-refractivity contribution in [2.45, 2.75) is 44.9 Å². The molecular weight excluding hydrogens is 595 g/mol. The van der Waals surface area contributed by atoms with Crippen molar-refractivity contribution in [2.75, 3.05) is 4.90 Å². The highest BCUT2D eigenvalue weighted by molar-refractivity contribution is 6.09. The molecule has 3 aliphatic rings. The number of furan rings is 1. The first-order valence-corrected chi connectivity index (χ1v) is 18.2. The van der Waals surface area contributed by atoms with E-state index >= 15 is 0 Å². The predicted octanol–water partition coefficient (Wildman–Crippen LogP) is 13.1. The minimum absolute atomic E-state index is 0.104. The number of rotatable bonds is 4. The normalized spacial score (nSPS) is 23.9. The third kappa shape index (κ3) is 4.26. The summed E-state index contributed by atoms with van der Waals surface area (Å²) in [6, 6.07) is 51.4. The van der Waals surface area contributed by atoms with Crippen LogP contribution in [0.25, 0.3) is 44.2 Å². The molecule has 2 fully saturated rings. The van der Waals surface area contributed by atoms with E-state index in [1.54, 1.807) is 11.1 Å². The molecule has 3 aliphatic carbocycles. The second-order valence-corrected chi connectivity index (χ2v) is 15.2. The minimum atomic E-state index is 0.104. The summed E-state index contributed by atoms with van der Waals surface area (Å²) in [7, 11) is 0. The lowest BCUT2D eigenvalue weighted by Crippen LogP contribution is -2.49. The fraction of sp³-hybridized carbons (Fsp3) is 0.234. The topological polar surface area (TPSA) is 16.4 Å². The van der Waals surface area contributed by atoms with Crippen molar-refractivity contribution in [2.24, 2.45) is 23.7 Å². The second-order valence-electron chi connectivity index (χ2n) is 15.2. The average molecular weight is 636 g/mol. The molecule has 0 amide bonds. The smallest absolute Gasteiger partial charge is 0.143 e. The Labute approximate surface area is 289 Å². The molecular formula is C47H41NO. The molecule has 0 radical (unpaired) electrons. The Morgan fingerprint density at radius 2 is 1.24 bits per heavy atom. The number of hydrogen-bond acceptors (Lipinski definition) is 2. The highest BCUT2D eigenvalue weighted by Crippen LogP contribution is 2.64. The molecule has 1 heterocycles. The highest BCUT2D eigenvalue weighted by Gasteiger charge is 2.56. The molecule has 5 atom stereocenters. The molecule has 1 spiro atoms. The quantitative estimate of drug-likeness (QED) is 0.191. The lowest BCUT2D eigenvalue weighted by Gasteiger charge is -2.54. The molecule has 2 bridgehead atoms. The molecule has 1 aromatic heterocycles. The van der Waals surface area contributed by atoms with Crippen molar-refractivity contribution < 1.29 is 4.42 Å². The van der Waals surface area contributed by atoms with Gasteiger partial charge in [-0.3, -0.25) is 0 Å². The van der Waals surface area contributed by atoms with Crippen molar-refractivity contribution in [3.8, 4) is 22.3 Å². The standard InChI is InChI=1S/C47H41NO/c1-30-25-32-27-31(2)47(34(26-30)28-32)43-17-8-6-13-39(43)42-29-37(23-24-44(42)47)48(35-11-4-3-5-12-35)36-21-19-33(20-22-36)38-15-10-16-41-40-14-7-9-18-45(40)49-46(38)41/h3-24,29-32,34H,25-28H2,1-2H3. The zero-order valence-electron chi connectivity index (χ0n) is 28.3. The van der Waals surface area contributed by atoms with Crippen LogP contribution < -0.4 is 4.90 Å². The van der Waals surface area contributed by atoms with Gasteiger partial charge in [-0.1, -0.05) is 111 Å². The monoisotopic (exact) mass is 635 g/mol. The van der Waals surface area contributed by atoms with Gasteiger partial charge in [-0.2, -0.15) is 0 Å². The number of para-hydroxylation sites is 3. The molecule has 0 aliphatic heterocycles. The molecule has 10 rings (SSSR count). The van der Waals surface area contributed by atoms with Crippen LogP contribution in [0.15, 0.2) is 144 Å². The fourth-order valence-electron chi connectivity index (χ4n) is 10.6. The van der Waals surface area contributed by atoms with E-state index in [-0.39, 0.29) is 5.41 Å². The van der Waals surface area contributed by atoms with Gasteiger partial charge >= 0.3 is 0 Å². The van der Waals surface area contributed by atoms with E-state index in [1.165, 1.54) is 42.5 Å². The molecule has 0 saturated heterocycles. The van der Waals surface area contributed by atoms with Crippen LogP contribution in [0.5, 0.6) is 0 Å². The largest absolute Gasteiger partial charge is 0.455 e. The first kappa shape index (κ1) is 28.9. The molecule has 2 saturated carbocycles. The Balaban J connectivity index is 1.10. The number of hydrogen-bond donors (Lipinski definition) is 0. The third-order valence-corrected chi connectivity index (χ3v) is 12.4. The van der Waals surface area contributed by atoms with Gasteiger partial charge in [0, 0.05) is 38.8 Å². The lowest BCUT2D eigenvalue weighted by molar-refractivity contribution is 0.0426. The van der Waals surface area contributed by atoms with Crippen molar-refractivity contribution in [1.82, 2.24) is 0 Å². The molecule has 2 heteroatoms. The summed E-state index contributed by atoms with van der Waals surface area (Å²) in [5, 5.41) is 2.32. The van der Waals surface area contributed by atoms with Gasteiger partial charge < -0.3 is 9.32 Å². The van der Waals surface area contributed by atoms with Gasteiger partial charge in [0.05, 0.1) is 0 Å². The first-order chi connectivity index (χ1) is 24.1. The Kier molecular flexibility index (Phi) is 6.47. The molecule has 7 aromatic rings. The Morgan fingerprint density at radius 1 is 0.551 bits per heavy atom. The summed E-state index contributed by atoms with van der Waals surface area (Å²) in [6.07, 6.45) is 5.44. The first-order valence-electron chi connectivity index (χ1n) is 18.2. The van der Waals surface area contributed by atoms with Gasteiger partial charge in [-0.15, -0.1) is 0 Å². The van der Waals surface area contributed by atoms with Crippen molar-refractivity contribution >= 4 is 39.0 Å². The maximum Gasteiger partial charge on any atom is 0.143 e. The fourth-order valence-corrected chi connectivity index (χ4v) is 10.6. The molecule has 5 unspecified atom stereocenters. The zero-order chi connectivity index (χ0) is 32.7. The van der Waals surface area contributed by atoms with Gasteiger partial charge in [0.1, 0.15) is 11.2 Å². The number of anilines is 3. The van der Waals surface area contributed by atoms with Gasteiger partial charge in [0.15, 0.2) is 0 Å². The summed E-state index contributed by atoms with van der Waals surface area (Å²) >= 11 is 0. The van der Waals surface area contributed by atoms with E-state index in [0.29, 0.717) is 11.8 Å². The van der Waals surface area contributed by atoms with E-state index in [2.05, 4.69) is 152 Å². The maximum atomic E-state index is 6.40. The second kappa shape index (κ2) is 11.0. The summed E-state index contributed by atoms with van der Waals surface area (Å²) in [6.45, 7) is 5.05. The number of benzene rings is 6. The van der Waals surface area contributed by atoms with Crippen LogP contribution in [-0.4, -0.2) is 0 Å². The van der Waals surface area contributed by atoms with E-state index in [1.807, 2.05) is 6.07 Å². The van der Waals surface area contributed by atoms with Gasteiger partial charge in [0.25, 0.3) is 0 Å². The summed E-state index contributed by atoms with van der Waals surface area (Å²) in [4.78, 5) is 2.42. The molecule has 240 valence electrons. The van der Waals surface area contributed by atoms with E-state index in [4.69, 9.17) is 4.42 Å².